The van der Waals surface area contributed by atoms with E-state index in [1.54, 1.807) is 0 Å². The van der Waals surface area contributed by atoms with Crippen LogP contribution in [0.1, 0.15) is 0 Å². The van der Waals surface area contributed by atoms with Gasteiger partial charge in [0.05, 0.1) is 38.4 Å². The number of aliphatic hydroxyl groups is 6. The molecule has 0 rings (SSSR count). The quantitative estimate of drug-likeness (QED) is 0.0397. The second-order valence-corrected chi connectivity index (χ2v) is 12.8. The molecule has 6 N–H and O–H groups in total. The molecule has 0 aliphatic heterocycles. The molecule has 2 unspecified atom stereocenters. The van der Waals surface area contributed by atoms with E-state index >= 15 is 17.6 Å². The van der Waals surface area contributed by atoms with Crippen molar-refractivity contribution >= 4 is 28.9 Å². The third kappa shape index (κ3) is 7.66. The molecule has 0 spiro atoms. The third-order valence-corrected chi connectivity index (χ3v) is 9.48. The Morgan fingerprint density at radius 3 is 1.03 bits per heavy atom. The molecule has 0 aliphatic rings. The summed E-state index contributed by atoms with van der Waals surface area (Å²) in [5.41, 5.74) is -25.6. The summed E-state index contributed by atoms with van der Waals surface area (Å²) in [5.74, 6) is -78.5. The summed E-state index contributed by atoms with van der Waals surface area (Å²) < 4.78 is 249. The van der Waals surface area contributed by atoms with Crippen molar-refractivity contribution in [3.05, 3.63) is 74.9 Å². The number of carbonyl (C=O) groups excluding carboxylic acids is 5. The van der Waals surface area contributed by atoms with E-state index in [0.29, 0.717) is 0 Å². The van der Waals surface area contributed by atoms with Crippen LogP contribution in [0, 0.1) is 10.8 Å². The van der Waals surface area contributed by atoms with Gasteiger partial charge in [-0.3, -0.25) is 24.0 Å². The van der Waals surface area contributed by atoms with Gasteiger partial charge in [0.2, 0.25) is 17.0 Å². The Morgan fingerprint density at radius 2 is 0.746 bits per heavy atom. The van der Waals surface area contributed by atoms with E-state index in [-0.39, 0.29) is 0 Å². The third-order valence-electron chi connectivity index (χ3n) is 9.48. The molecule has 0 amide bonds. The first kappa shape index (κ1) is 58.3. The average molecular weight is 955 g/mol. The van der Waals surface area contributed by atoms with Crippen LogP contribution in [0.4, 0.5) is 74.6 Å². The summed E-state index contributed by atoms with van der Waals surface area (Å²) in [5, 5.41) is 64.3. The summed E-state index contributed by atoms with van der Waals surface area (Å²) in [4.78, 5) is 68.6. The van der Waals surface area contributed by atoms with Gasteiger partial charge in [-0.1, -0.05) is 32.9 Å². The minimum Gasteiger partial charge on any atom is -0.396 e. The standard InChI is InChI=1S/C34H31F17O12/c1-6-16(56)25(61,17(57)7-2)24(14-55,27(19(59)9-4,20(60)10-5)63-15-23(11-52,12-53)13-54)26(62,18(58)8-3)21(35)22(36)28(37,38)29(39,40)30(41,42)31(43,44)32(45,46)33(47,48)34(49,50)51/h6-10,52-55,61-62H,1-5,11-15H2. The molecule has 0 aromatic rings. The van der Waals surface area contributed by atoms with Gasteiger partial charge in [-0.05, 0) is 30.4 Å². The Hall–Kier alpha value is -4.68. The molecule has 0 aromatic carbocycles. The minimum atomic E-state index is -9.22. The molecule has 0 saturated carbocycles. The minimum absolute atomic E-state index is 0.402. The maximum absolute atomic E-state index is 16.8. The van der Waals surface area contributed by atoms with Crippen LogP contribution in [-0.2, 0) is 28.7 Å². The maximum Gasteiger partial charge on any atom is 0.460 e. The van der Waals surface area contributed by atoms with Gasteiger partial charge in [0, 0.05) is 0 Å². The number of allylic oxidation sites excluding steroid dienone is 1. The van der Waals surface area contributed by atoms with Crippen LogP contribution in [0.25, 0.3) is 0 Å². The number of carbonyl (C=O) groups is 5. The van der Waals surface area contributed by atoms with E-state index in [1.165, 1.54) is 0 Å². The molecule has 0 fully saturated rings. The summed E-state index contributed by atoms with van der Waals surface area (Å²) in [7, 11) is 0. The molecule has 0 aromatic heterocycles. The van der Waals surface area contributed by atoms with E-state index in [1.807, 2.05) is 0 Å². The van der Waals surface area contributed by atoms with Crippen LogP contribution in [0.15, 0.2) is 74.9 Å². The maximum atomic E-state index is 16.8. The SMILES string of the molecule is C=CC(=O)C(O)(C(=O)C=C)C(CO)(C(O)(C(=O)C=C)C(F)=C(F)C(F)(F)C(F)(F)C(F)(F)C(F)(F)C(F)(F)C(F)(F)C(F)(F)F)C(OCC(CO)(CO)CO)(C(=O)C=C)C(=O)C=C. The van der Waals surface area contributed by atoms with Crippen LogP contribution in [0.3, 0.4) is 0 Å². The highest BCUT2D eigenvalue weighted by Gasteiger charge is 2.94. The molecule has 0 bridgehead atoms. The van der Waals surface area contributed by atoms with Crippen LogP contribution < -0.4 is 0 Å². The van der Waals surface area contributed by atoms with Gasteiger partial charge in [0.25, 0.3) is 0 Å². The number of alkyl halides is 15. The fourth-order valence-electron chi connectivity index (χ4n) is 5.65. The number of rotatable bonds is 27. The predicted octanol–water partition coefficient (Wildman–Crippen LogP) is 3.45. The second kappa shape index (κ2) is 18.4. The number of halogens is 17. The molecule has 63 heavy (non-hydrogen) atoms. The van der Waals surface area contributed by atoms with Gasteiger partial charge >= 0.3 is 41.7 Å². The summed E-state index contributed by atoms with van der Waals surface area (Å²) in [6.07, 6.45) is -10.7. The van der Waals surface area contributed by atoms with Crippen molar-refractivity contribution in [1.82, 2.24) is 0 Å². The molecule has 0 heterocycles. The van der Waals surface area contributed by atoms with Crippen LogP contribution in [0.2, 0.25) is 0 Å². The lowest BCUT2D eigenvalue weighted by Gasteiger charge is -2.58. The van der Waals surface area contributed by atoms with Crippen molar-refractivity contribution in [2.45, 2.75) is 58.5 Å². The zero-order valence-electron chi connectivity index (χ0n) is 31.0. The van der Waals surface area contributed by atoms with Crippen LogP contribution in [0.5, 0.6) is 0 Å². The summed E-state index contributed by atoms with van der Waals surface area (Å²) >= 11 is 0. The van der Waals surface area contributed by atoms with Gasteiger partial charge in [0.15, 0.2) is 40.3 Å². The van der Waals surface area contributed by atoms with Crippen molar-refractivity contribution in [3.8, 4) is 0 Å². The number of hydrogen-bond acceptors (Lipinski definition) is 12. The molecule has 0 radical (unpaired) electrons. The Labute approximate surface area is 340 Å². The molecule has 358 valence electrons. The lowest BCUT2D eigenvalue weighted by molar-refractivity contribution is -0.451. The van der Waals surface area contributed by atoms with Gasteiger partial charge in [0.1, 0.15) is 5.41 Å². The van der Waals surface area contributed by atoms with Crippen LogP contribution in [-0.4, -0.2) is 151 Å². The largest absolute Gasteiger partial charge is 0.460 e. The zero-order chi connectivity index (χ0) is 50.8. The number of aliphatic hydroxyl groups excluding tert-OH is 4. The highest BCUT2D eigenvalue weighted by atomic mass is 19.4. The number of ether oxygens (including phenoxy) is 1. The van der Waals surface area contributed by atoms with Crippen molar-refractivity contribution in [1.29, 1.82) is 0 Å². The van der Waals surface area contributed by atoms with Gasteiger partial charge in [-0.2, -0.15) is 65.9 Å². The smallest absolute Gasteiger partial charge is 0.396 e. The first-order chi connectivity index (χ1) is 28.2. The van der Waals surface area contributed by atoms with Crippen molar-refractivity contribution in [2.24, 2.45) is 10.8 Å². The normalized spacial score (nSPS) is 16.4. The summed E-state index contributed by atoms with van der Waals surface area (Å²) in [6.45, 7) is 2.91. The molecule has 2 atom stereocenters. The van der Waals surface area contributed by atoms with Gasteiger partial charge < -0.3 is 35.4 Å². The predicted molar refractivity (Wildman–Crippen MR) is 173 cm³/mol. The van der Waals surface area contributed by atoms with E-state index < -0.39 is 173 Å². The lowest BCUT2D eigenvalue weighted by atomic mass is 9.47. The molecular weight excluding hydrogens is 923 g/mol. The van der Waals surface area contributed by atoms with Crippen molar-refractivity contribution < 1.29 is 134 Å². The van der Waals surface area contributed by atoms with E-state index in [0.717, 1.165) is 0 Å². The first-order valence-electron chi connectivity index (χ1n) is 15.9. The Kier molecular flexibility index (Phi) is 17.1. The average Bonchev–Trinajstić information content (AvgIpc) is 3.22. The number of hydrogen-bond donors (Lipinski definition) is 6. The second-order valence-electron chi connectivity index (χ2n) is 12.8. The van der Waals surface area contributed by atoms with Crippen molar-refractivity contribution in [3.63, 3.8) is 0 Å². The first-order valence-corrected chi connectivity index (χ1v) is 15.9. The highest BCUT2D eigenvalue weighted by Crippen LogP contribution is 2.65. The summed E-state index contributed by atoms with van der Waals surface area (Å²) in [6, 6.07) is 0. The zero-order valence-corrected chi connectivity index (χ0v) is 31.0. The van der Waals surface area contributed by atoms with Crippen LogP contribution >= 0.6 is 0 Å². The topological polar surface area (TPSA) is 216 Å². The van der Waals surface area contributed by atoms with Gasteiger partial charge in [-0.25, -0.2) is 8.78 Å². The Balaban J connectivity index is 9.93. The van der Waals surface area contributed by atoms with Gasteiger partial charge in [-0.15, -0.1) is 0 Å². The molecule has 29 heteroatoms. The monoisotopic (exact) mass is 954 g/mol. The fraction of sp³-hybridized carbons (Fsp3) is 0.500. The Morgan fingerprint density at radius 1 is 0.444 bits per heavy atom. The molecule has 0 aliphatic carbocycles. The Bertz CT molecular complexity index is 1860. The van der Waals surface area contributed by atoms with Crippen molar-refractivity contribution in [2.75, 3.05) is 33.0 Å². The van der Waals surface area contributed by atoms with E-state index in [2.05, 4.69) is 32.9 Å². The number of ketones is 5. The lowest BCUT2D eigenvalue weighted by Crippen LogP contribution is -2.83. The highest BCUT2D eigenvalue weighted by molar-refractivity contribution is 6.26. The van der Waals surface area contributed by atoms with E-state index in [9.17, 15) is 112 Å². The molecule has 12 nitrogen and oxygen atoms in total. The molecular formula is C34H31F17O12. The fourth-order valence-corrected chi connectivity index (χ4v) is 5.65. The molecule has 0 saturated heterocycles. The van der Waals surface area contributed by atoms with E-state index in [4.69, 9.17) is 4.74 Å².